The summed E-state index contributed by atoms with van der Waals surface area (Å²) in [5, 5.41) is 23.3. The van der Waals surface area contributed by atoms with E-state index in [1.807, 2.05) is 11.0 Å². The van der Waals surface area contributed by atoms with E-state index in [0.29, 0.717) is 36.8 Å². The molecule has 0 radical (unpaired) electrons. The minimum atomic E-state index is -4.58. The first-order valence-corrected chi connectivity index (χ1v) is 14.9. The van der Waals surface area contributed by atoms with E-state index in [1.54, 1.807) is 18.1 Å². The van der Waals surface area contributed by atoms with Crippen LogP contribution >= 0.6 is 0 Å². The Hall–Kier alpha value is -4.07. The number of aromatic nitrogens is 3. The van der Waals surface area contributed by atoms with Crippen molar-refractivity contribution in [2.24, 2.45) is 18.9 Å². The molecule has 3 aromatic rings. The quantitative estimate of drug-likeness (QED) is 0.302. The van der Waals surface area contributed by atoms with Crippen molar-refractivity contribution in [1.29, 1.82) is 5.26 Å². The zero-order valence-electron chi connectivity index (χ0n) is 24.6. The van der Waals surface area contributed by atoms with Crippen LogP contribution in [-0.4, -0.2) is 38.9 Å². The fraction of sp³-hybridized carbons (Fsp3) is 0.500. The number of halogens is 3. The maximum Gasteiger partial charge on any atom is 0.416 e. The first-order valence-electron chi connectivity index (χ1n) is 14.9. The van der Waals surface area contributed by atoms with Gasteiger partial charge in [-0.05, 0) is 104 Å². The maximum absolute atomic E-state index is 13.7. The van der Waals surface area contributed by atoms with Crippen molar-refractivity contribution < 1.29 is 23.1 Å². The number of aliphatic carboxylic acids is 1. The minimum Gasteiger partial charge on any atom is -0.481 e. The van der Waals surface area contributed by atoms with Crippen LogP contribution in [0.4, 0.5) is 24.8 Å². The molecule has 0 spiro atoms. The third-order valence-corrected chi connectivity index (χ3v) is 8.74. The monoisotopic (exact) mass is 594 g/mol. The van der Waals surface area contributed by atoms with Crippen molar-refractivity contribution in [3.63, 3.8) is 0 Å². The molecule has 43 heavy (non-hydrogen) atoms. The molecule has 1 heterocycles. The number of alkyl halides is 3. The molecule has 1 N–H and O–H groups in total. The molecular weight excluding hydrogens is 557 g/mol. The molecule has 0 saturated heterocycles. The first-order chi connectivity index (χ1) is 20.5. The number of carbonyl (C=O) groups is 1. The van der Waals surface area contributed by atoms with E-state index in [-0.39, 0.29) is 18.0 Å². The number of carboxylic acid groups (broad SMARTS) is 1. The van der Waals surface area contributed by atoms with E-state index in [9.17, 15) is 28.3 Å². The molecule has 228 valence electrons. The molecule has 0 unspecified atom stereocenters. The largest absolute Gasteiger partial charge is 0.481 e. The molecule has 1 aromatic heterocycles. The van der Waals surface area contributed by atoms with E-state index >= 15 is 0 Å². The van der Waals surface area contributed by atoms with Crippen LogP contribution in [-0.2, 0) is 43.9 Å². The molecule has 0 atom stereocenters. The van der Waals surface area contributed by atoms with Crippen LogP contribution in [0.5, 0.6) is 0 Å². The van der Waals surface area contributed by atoms with Gasteiger partial charge >= 0.3 is 12.1 Å². The molecule has 1 fully saturated rings. The third kappa shape index (κ3) is 7.12. The summed E-state index contributed by atoms with van der Waals surface area (Å²) in [6.07, 6.45) is 3.17. The maximum atomic E-state index is 13.7. The fourth-order valence-electron chi connectivity index (χ4n) is 6.49. The van der Waals surface area contributed by atoms with Gasteiger partial charge in [0, 0.05) is 38.9 Å². The molecule has 0 aliphatic heterocycles. The van der Waals surface area contributed by atoms with Crippen molar-refractivity contribution in [1.82, 2.24) is 14.8 Å². The topological polar surface area (TPSA) is 98.3 Å². The van der Waals surface area contributed by atoms with Gasteiger partial charge in [-0.1, -0.05) is 6.07 Å². The molecule has 0 amide bonds. The first kappa shape index (κ1) is 30.4. The molecule has 8 nitrogen and oxygen atoms in total. The minimum absolute atomic E-state index is 0.0493. The van der Waals surface area contributed by atoms with Gasteiger partial charge in [0.25, 0.3) is 0 Å². The Morgan fingerprint density at radius 3 is 2.40 bits per heavy atom. The lowest BCUT2D eigenvalue weighted by molar-refractivity contribution is -0.143. The number of carboxylic acids is 1. The Morgan fingerprint density at radius 2 is 1.79 bits per heavy atom. The highest BCUT2D eigenvalue weighted by Gasteiger charge is 2.32. The van der Waals surface area contributed by atoms with Crippen molar-refractivity contribution >= 4 is 17.6 Å². The molecule has 2 aliphatic carbocycles. The molecule has 2 aromatic carbocycles. The van der Waals surface area contributed by atoms with Gasteiger partial charge in [0.05, 0.1) is 23.1 Å². The van der Waals surface area contributed by atoms with Crippen molar-refractivity contribution in [3.8, 4) is 6.07 Å². The van der Waals surface area contributed by atoms with E-state index in [1.165, 1.54) is 17.2 Å². The van der Waals surface area contributed by atoms with E-state index < -0.39 is 17.7 Å². The number of hydrogen-bond acceptors (Lipinski definition) is 6. The van der Waals surface area contributed by atoms with Crippen LogP contribution < -0.4 is 9.80 Å². The van der Waals surface area contributed by atoms with E-state index in [0.717, 1.165) is 68.6 Å². The second-order valence-corrected chi connectivity index (χ2v) is 11.8. The number of rotatable bonds is 10. The van der Waals surface area contributed by atoms with E-state index in [2.05, 4.69) is 34.0 Å². The molecule has 11 heteroatoms. The summed E-state index contributed by atoms with van der Waals surface area (Å²) in [5.41, 5.74) is 4.19. The Morgan fingerprint density at radius 1 is 1.07 bits per heavy atom. The zero-order valence-corrected chi connectivity index (χ0v) is 24.6. The second kappa shape index (κ2) is 12.7. The van der Waals surface area contributed by atoms with Crippen LogP contribution in [0.25, 0.3) is 0 Å². The number of hydrogen-bond donors (Lipinski definition) is 1. The average Bonchev–Trinajstić information content (AvgIpc) is 3.63. The molecule has 1 saturated carbocycles. The van der Waals surface area contributed by atoms with Crippen LogP contribution in [0, 0.1) is 23.2 Å². The summed E-state index contributed by atoms with van der Waals surface area (Å²) in [6.45, 7) is 4.16. The van der Waals surface area contributed by atoms with Crippen LogP contribution in [0.1, 0.15) is 72.4 Å². The van der Waals surface area contributed by atoms with Gasteiger partial charge < -0.3 is 14.9 Å². The number of fused-ring (bicyclic) bond motifs is 1. The van der Waals surface area contributed by atoms with Crippen molar-refractivity contribution in [2.75, 3.05) is 22.9 Å². The van der Waals surface area contributed by atoms with Gasteiger partial charge in [-0.3, -0.25) is 9.48 Å². The number of nitriles is 1. The Labute approximate surface area is 249 Å². The highest BCUT2D eigenvalue weighted by Crippen LogP contribution is 2.36. The summed E-state index contributed by atoms with van der Waals surface area (Å²) in [6, 6.07) is 9.80. The number of nitrogens with zero attached hydrogens (tertiary/aromatic N) is 6. The molecular formula is C32H37F3N6O2. The Balaban J connectivity index is 1.48. The number of aryl methyl sites for hydroxylation is 3. The molecule has 5 rings (SSSR count). The normalized spacial score (nSPS) is 18.2. The van der Waals surface area contributed by atoms with Gasteiger partial charge in [0.15, 0.2) is 0 Å². The average molecular weight is 595 g/mol. The second-order valence-electron chi connectivity index (χ2n) is 11.8. The predicted molar refractivity (Wildman–Crippen MR) is 156 cm³/mol. The Kier molecular flexibility index (Phi) is 8.95. The fourth-order valence-corrected chi connectivity index (χ4v) is 6.49. The molecule has 0 bridgehead atoms. The summed E-state index contributed by atoms with van der Waals surface area (Å²) >= 11 is 0. The number of anilines is 2. The predicted octanol–water partition coefficient (Wildman–Crippen LogP) is 6.12. The van der Waals surface area contributed by atoms with Gasteiger partial charge in [0.2, 0.25) is 5.95 Å². The third-order valence-electron chi connectivity index (χ3n) is 8.74. The van der Waals surface area contributed by atoms with Crippen LogP contribution in [0.2, 0.25) is 0 Å². The summed E-state index contributed by atoms with van der Waals surface area (Å²) < 4.78 is 42.6. The van der Waals surface area contributed by atoms with Crippen LogP contribution in [0.3, 0.4) is 0 Å². The van der Waals surface area contributed by atoms with Gasteiger partial charge in [-0.2, -0.15) is 18.4 Å². The van der Waals surface area contributed by atoms with Crippen molar-refractivity contribution in [3.05, 3.63) is 70.0 Å². The zero-order chi connectivity index (χ0) is 30.7. The smallest absolute Gasteiger partial charge is 0.416 e. The standard InChI is InChI=1S/C32H37F3N6O2/c1-3-40(17-21-7-9-24(10-8-21)30(42)43)29-15-26-6-4-5-25(26)14-27(29)19-41(31-37-20-39(2)38-31)18-23-11-22(16-36)12-28(13-23)32(33,34)35/h11-15,20-21,24H,3-10,17-19H2,1-2H3,(H,42,43)/t21-,24-. The molecule has 2 aliphatic rings. The van der Waals surface area contributed by atoms with Gasteiger partial charge in [-0.15, -0.1) is 5.10 Å². The summed E-state index contributed by atoms with van der Waals surface area (Å²) in [5.74, 6) is -0.198. The SMILES string of the molecule is CCN(C[C@H]1CC[C@H](C(=O)O)CC1)c1cc2c(cc1CN(Cc1cc(C#N)cc(C(F)(F)F)c1)c1ncn(C)n1)CCC2. The number of benzene rings is 2. The lowest BCUT2D eigenvalue weighted by Gasteiger charge is -2.34. The van der Waals surface area contributed by atoms with Crippen molar-refractivity contribution in [2.45, 2.75) is 71.1 Å². The highest BCUT2D eigenvalue weighted by atomic mass is 19.4. The highest BCUT2D eigenvalue weighted by molar-refractivity contribution is 5.70. The summed E-state index contributed by atoms with van der Waals surface area (Å²) in [4.78, 5) is 20.1. The van der Waals surface area contributed by atoms with Crippen LogP contribution in [0.15, 0.2) is 36.7 Å². The summed E-state index contributed by atoms with van der Waals surface area (Å²) in [7, 11) is 1.74. The Bertz CT molecular complexity index is 1500. The van der Waals surface area contributed by atoms with Gasteiger partial charge in [-0.25, -0.2) is 4.98 Å². The lowest BCUT2D eigenvalue weighted by Crippen LogP contribution is -2.34. The lowest BCUT2D eigenvalue weighted by atomic mass is 9.81. The van der Waals surface area contributed by atoms with E-state index in [4.69, 9.17) is 0 Å². The van der Waals surface area contributed by atoms with Gasteiger partial charge in [0.1, 0.15) is 6.33 Å².